The molecule has 0 atom stereocenters. The van der Waals surface area contributed by atoms with Crippen molar-refractivity contribution < 1.29 is 14.7 Å². The predicted molar refractivity (Wildman–Crippen MR) is 61.4 cm³/mol. The first-order valence-corrected chi connectivity index (χ1v) is 5.57. The lowest BCUT2D eigenvalue weighted by Gasteiger charge is -1.95. The summed E-state index contributed by atoms with van der Waals surface area (Å²) in [5.41, 5.74) is 0.630. The molecule has 0 aliphatic carbocycles. The average Bonchev–Trinajstić information content (AvgIpc) is 2.65. The van der Waals surface area contributed by atoms with Crippen LogP contribution < -0.4 is 5.32 Å². The van der Waals surface area contributed by atoms with Crippen LogP contribution in [0.4, 0.5) is 0 Å². The van der Waals surface area contributed by atoms with E-state index >= 15 is 0 Å². The molecule has 0 fully saturated rings. The fourth-order valence-corrected chi connectivity index (χ4v) is 1.62. The van der Waals surface area contributed by atoms with Crippen molar-refractivity contribution in [3.63, 3.8) is 0 Å². The van der Waals surface area contributed by atoms with E-state index in [0.717, 1.165) is 11.3 Å². The molecular weight excluding hydrogens is 228 g/mol. The van der Waals surface area contributed by atoms with Crippen molar-refractivity contribution in [2.24, 2.45) is 0 Å². The third-order valence-electron chi connectivity index (χ3n) is 1.68. The number of thiazole rings is 1. The Hall–Kier alpha value is -1.69. The summed E-state index contributed by atoms with van der Waals surface area (Å²) >= 11 is 1.09. The largest absolute Gasteiger partial charge is 0.476 e. The van der Waals surface area contributed by atoms with E-state index in [1.807, 2.05) is 6.08 Å². The Morgan fingerprint density at radius 2 is 2.38 bits per heavy atom. The van der Waals surface area contributed by atoms with Gasteiger partial charge in [0.2, 0.25) is 10.9 Å². The Morgan fingerprint density at radius 3 is 2.94 bits per heavy atom. The summed E-state index contributed by atoms with van der Waals surface area (Å²) in [4.78, 5) is 25.0. The Kier molecular flexibility index (Phi) is 4.65. The number of amides is 1. The zero-order valence-corrected chi connectivity index (χ0v) is 9.58. The van der Waals surface area contributed by atoms with Crippen molar-refractivity contribution in [3.8, 4) is 0 Å². The van der Waals surface area contributed by atoms with Gasteiger partial charge in [0.15, 0.2) is 0 Å². The van der Waals surface area contributed by atoms with E-state index < -0.39 is 5.97 Å². The van der Waals surface area contributed by atoms with Crippen molar-refractivity contribution in [2.45, 2.75) is 13.3 Å². The van der Waals surface area contributed by atoms with Gasteiger partial charge in [-0.15, -0.1) is 11.3 Å². The maximum atomic E-state index is 10.5. The molecule has 1 aromatic rings. The highest BCUT2D eigenvalue weighted by molar-refractivity contribution is 7.11. The van der Waals surface area contributed by atoms with Crippen molar-refractivity contribution in [2.75, 3.05) is 6.54 Å². The third-order valence-corrected chi connectivity index (χ3v) is 2.53. The van der Waals surface area contributed by atoms with Crippen LogP contribution in [0.15, 0.2) is 11.5 Å². The van der Waals surface area contributed by atoms with Crippen LogP contribution in [0.1, 0.15) is 28.8 Å². The van der Waals surface area contributed by atoms with E-state index in [2.05, 4.69) is 10.3 Å². The molecule has 0 bridgehead atoms. The summed E-state index contributed by atoms with van der Waals surface area (Å²) in [6, 6.07) is 0. The second-order valence-corrected chi connectivity index (χ2v) is 3.91. The summed E-state index contributed by atoms with van der Waals surface area (Å²) in [6.07, 6.45) is 4.28. The molecule has 5 nitrogen and oxygen atoms in total. The van der Waals surface area contributed by atoms with Gasteiger partial charge < -0.3 is 10.4 Å². The Bertz CT molecular complexity index is 412. The summed E-state index contributed by atoms with van der Waals surface area (Å²) in [7, 11) is 0. The van der Waals surface area contributed by atoms with Gasteiger partial charge >= 0.3 is 5.97 Å². The first kappa shape index (κ1) is 12.4. The Balaban J connectivity index is 2.38. The van der Waals surface area contributed by atoms with Crippen molar-refractivity contribution >= 4 is 29.3 Å². The smallest absolute Gasteiger partial charge is 0.365 e. The van der Waals surface area contributed by atoms with E-state index in [1.54, 1.807) is 11.5 Å². The van der Waals surface area contributed by atoms with E-state index in [4.69, 9.17) is 5.11 Å². The lowest BCUT2D eigenvalue weighted by molar-refractivity contribution is -0.118. The van der Waals surface area contributed by atoms with Crippen LogP contribution >= 0.6 is 11.3 Å². The molecule has 0 unspecified atom stereocenters. The summed E-state index contributed by atoms with van der Waals surface area (Å²) < 4.78 is 0. The maximum absolute atomic E-state index is 10.5. The highest BCUT2D eigenvalue weighted by Gasteiger charge is 2.06. The molecule has 0 saturated heterocycles. The highest BCUT2D eigenvalue weighted by Crippen LogP contribution is 2.10. The quantitative estimate of drug-likeness (QED) is 0.762. The molecule has 1 aromatic heterocycles. The summed E-state index contributed by atoms with van der Waals surface area (Å²) in [6.45, 7) is 2.03. The number of hydrogen-bond donors (Lipinski definition) is 2. The van der Waals surface area contributed by atoms with Crippen LogP contribution in [0, 0.1) is 0 Å². The van der Waals surface area contributed by atoms with Crippen molar-refractivity contribution in [1.82, 2.24) is 10.3 Å². The molecule has 1 amide bonds. The van der Waals surface area contributed by atoms with Gasteiger partial charge in [0, 0.05) is 18.8 Å². The lowest BCUT2D eigenvalue weighted by atomic mass is 10.3. The Morgan fingerprint density at radius 1 is 1.62 bits per heavy atom. The number of carbonyl (C=O) groups is 2. The Labute approximate surface area is 96.8 Å². The molecule has 0 radical (unpaired) electrons. The monoisotopic (exact) mass is 240 g/mol. The normalized spacial score (nSPS) is 10.6. The molecule has 0 aliphatic rings. The van der Waals surface area contributed by atoms with Crippen molar-refractivity contribution in [3.05, 3.63) is 22.2 Å². The van der Waals surface area contributed by atoms with Crippen LogP contribution in [-0.2, 0) is 4.79 Å². The minimum Gasteiger partial charge on any atom is -0.476 e. The molecule has 1 heterocycles. The minimum atomic E-state index is -1.01. The number of carbonyl (C=O) groups excluding carboxylic acids is 1. The zero-order valence-electron chi connectivity index (χ0n) is 8.77. The summed E-state index contributed by atoms with van der Waals surface area (Å²) in [5.74, 6) is -1.07. The second-order valence-electron chi connectivity index (χ2n) is 3.06. The maximum Gasteiger partial charge on any atom is 0.365 e. The highest BCUT2D eigenvalue weighted by atomic mass is 32.1. The van der Waals surface area contributed by atoms with Gasteiger partial charge in [-0.25, -0.2) is 9.78 Å². The van der Waals surface area contributed by atoms with Crippen LogP contribution in [0.5, 0.6) is 0 Å². The van der Waals surface area contributed by atoms with E-state index in [1.165, 1.54) is 6.92 Å². The molecule has 1 rings (SSSR count). The fraction of sp³-hybridized carbons (Fsp3) is 0.300. The number of carboxylic acids is 1. The lowest BCUT2D eigenvalue weighted by Crippen LogP contribution is -2.20. The van der Waals surface area contributed by atoms with Crippen molar-refractivity contribution in [1.29, 1.82) is 0 Å². The van der Waals surface area contributed by atoms with Crippen LogP contribution in [-0.4, -0.2) is 28.5 Å². The molecular formula is C10H12N2O3S. The fourth-order valence-electron chi connectivity index (χ4n) is 0.997. The first-order valence-electron chi connectivity index (χ1n) is 4.69. The molecule has 86 valence electrons. The predicted octanol–water partition coefficient (Wildman–Crippen LogP) is 1.38. The number of nitrogens with zero attached hydrogens (tertiary/aromatic N) is 1. The molecule has 0 aliphatic heterocycles. The number of rotatable bonds is 5. The number of carboxylic acid groups (broad SMARTS) is 1. The molecule has 6 heteroatoms. The number of aromatic carboxylic acids is 1. The van der Waals surface area contributed by atoms with E-state index in [9.17, 15) is 9.59 Å². The minimum absolute atomic E-state index is 0.0600. The first-order chi connectivity index (χ1) is 7.59. The SMILES string of the molecule is CC(=O)NCCC=Cc1csc(C(=O)O)n1. The molecule has 0 spiro atoms. The molecule has 0 saturated carbocycles. The van der Waals surface area contributed by atoms with Crippen LogP contribution in [0.25, 0.3) is 6.08 Å². The van der Waals surface area contributed by atoms with E-state index in [0.29, 0.717) is 18.7 Å². The van der Waals surface area contributed by atoms with Gasteiger partial charge in [0.1, 0.15) is 0 Å². The van der Waals surface area contributed by atoms with Gasteiger partial charge in [-0.2, -0.15) is 0 Å². The number of hydrogen-bond acceptors (Lipinski definition) is 4. The van der Waals surface area contributed by atoms with Gasteiger partial charge in [-0.3, -0.25) is 4.79 Å². The van der Waals surface area contributed by atoms with Gasteiger partial charge in [-0.1, -0.05) is 6.08 Å². The van der Waals surface area contributed by atoms with Crippen LogP contribution in [0.3, 0.4) is 0 Å². The standard InChI is InChI=1S/C10H12N2O3S/c1-7(13)11-5-3-2-4-8-6-16-9(12-8)10(14)15/h2,4,6H,3,5H2,1H3,(H,11,13)(H,14,15). The number of aromatic nitrogens is 1. The topological polar surface area (TPSA) is 79.3 Å². The molecule has 16 heavy (non-hydrogen) atoms. The summed E-state index contributed by atoms with van der Waals surface area (Å²) in [5, 5.41) is 13.1. The average molecular weight is 240 g/mol. The van der Waals surface area contributed by atoms with Crippen LogP contribution in [0.2, 0.25) is 0 Å². The number of nitrogens with one attached hydrogen (secondary N) is 1. The van der Waals surface area contributed by atoms with Gasteiger partial charge in [0.05, 0.1) is 5.69 Å². The molecule has 2 N–H and O–H groups in total. The van der Waals surface area contributed by atoms with Gasteiger partial charge in [-0.05, 0) is 12.5 Å². The zero-order chi connectivity index (χ0) is 12.0. The van der Waals surface area contributed by atoms with Gasteiger partial charge in [0.25, 0.3) is 0 Å². The third kappa shape index (κ3) is 4.22. The second kappa shape index (κ2) is 6.02. The van der Waals surface area contributed by atoms with E-state index in [-0.39, 0.29) is 10.9 Å². The molecule has 0 aromatic carbocycles.